The molecule has 0 saturated carbocycles. The van der Waals surface area contributed by atoms with Crippen LogP contribution in [0.3, 0.4) is 0 Å². The predicted molar refractivity (Wildman–Crippen MR) is 75.2 cm³/mol. The van der Waals surface area contributed by atoms with Gasteiger partial charge in [0.15, 0.2) is 0 Å². The molecule has 0 bridgehead atoms. The highest BCUT2D eigenvalue weighted by Crippen LogP contribution is 2.13. The van der Waals surface area contributed by atoms with Crippen LogP contribution in [-0.2, 0) is 0 Å². The Kier molecular flexibility index (Phi) is 6.23. The number of rotatable bonds is 8. The first kappa shape index (κ1) is 15.4. The van der Waals surface area contributed by atoms with Crippen LogP contribution >= 0.6 is 0 Å². The number of aromatic nitrogens is 3. The van der Waals surface area contributed by atoms with E-state index in [9.17, 15) is 0 Å². The topological polar surface area (TPSA) is 92.4 Å². The summed E-state index contributed by atoms with van der Waals surface area (Å²) in [5.74, 6) is 6.19. The van der Waals surface area contributed by atoms with E-state index in [0.29, 0.717) is 18.5 Å². The highest BCUT2D eigenvalue weighted by molar-refractivity contribution is 5.36. The van der Waals surface area contributed by atoms with Gasteiger partial charge in [0.05, 0.1) is 6.61 Å². The molecule has 0 aliphatic heterocycles. The molecule has 19 heavy (non-hydrogen) atoms. The van der Waals surface area contributed by atoms with Crippen molar-refractivity contribution in [2.24, 2.45) is 5.84 Å². The predicted octanol–water partition coefficient (Wildman–Crippen LogP) is -0.0562. The van der Waals surface area contributed by atoms with E-state index in [-0.39, 0.29) is 6.01 Å². The van der Waals surface area contributed by atoms with Crippen LogP contribution in [0.2, 0.25) is 0 Å². The van der Waals surface area contributed by atoms with Crippen LogP contribution in [-0.4, -0.2) is 60.7 Å². The summed E-state index contributed by atoms with van der Waals surface area (Å²) >= 11 is 0. The summed E-state index contributed by atoms with van der Waals surface area (Å²) in [6, 6.07) is 0.288. The fourth-order valence-electron chi connectivity index (χ4n) is 1.29. The maximum atomic E-state index is 5.42. The van der Waals surface area contributed by atoms with Crippen molar-refractivity contribution >= 4 is 11.9 Å². The molecule has 0 fully saturated rings. The average Bonchev–Trinajstić information content (AvgIpc) is 2.41. The Morgan fingerprint density at radius 3 is 2.47 bits per heavy atom. The molecular weight excluding hydrogens is 246 g/mol. The monoisotopic (exact) mass is 269 g/mol. The Bertz CT molecular complexity index is 385. The molecule has 108 valence electrons. The Morgan fingerprint density at radius 2 is 1.89 bits per heavy atom. The van der Waals surface area contributed by atoms with Gasteiger partial charge < -0.3 is 14.5 Å². The third-order valence-electron chi connectivity index (χ3n) is 2.39. The standard InChI is InChI=1S/C11H23N7O/c1-5-8-19-11-14-9(16-12)13-10(15-11)18(4)7-6-17(2)3/h5-8,12H2,1-4H3,(H,13,14,15,16). The van der Waals surface area contributed by atoms with E-state index in [1.54, 1.807) is 0 Å². The zero-order valence-electron chi connectivity index (χ0n) is 12.1. The van der Waals surface area contributed by atoms with Crippen LogP contribution in [0.15, 0.2) is 0 Å². The van der Waals surface area contributed by atoms with Crippen LogP contribution < -0.4 is 20.9 Å². The molecule has 8 heteroatoms. The molecule has 0 saturated heterocycles. The number of anilines is 2. The van der Waals surface area contributed by atoms with Gasteiger partial charge in [-0.1, -0.05) is 6.92 Å². The molecule has 0 aromatic carbocycles. The minimum absolute atomic E-state index is 0.288. The van der Waals surface area contributed by atoms with Gasteiger partial charge in [0, 0.05) is 20.1 Å². The number of nitrogens with one attached hydrogen (secondary N) is 1. The highest BCUT2D eigenvalue weighted by Gasteiger charge is 2.10. The summed E-state index contributed by atoms with van der Waals surface area (Å²) in [6.07, 6.45) is 0.892. The first-order chi connectivity index (χ1) is 9.06. The van der Waals surface area contributed by atoms with E-state index in [4.69, 9.17) is 10.6 Å². The normalized spacial score (nSPS) is 10.6. The van der Waals surface area contributed by atoms with Crippen LogP contribution in [0.25, 0.3) is 0 Å². The summed E-state index contributed by atoms with van der Waals surface area (Å²) in [5, 5.41) is 0. The largest absolute Gasteiger partial charge is 0.463 e. The van der Waals surface area contributed by atoms with Gasteiger partial charge in [-0.3, -0.25) is 5.43 Å². The minimum Gasteiger partial charge on any atom is -0.463 e. The molecule has 1 heterocycles. The van der Waals surface area contributed by atoms with Crippen LogP contribution in [0.1, 0.15) is 13.3 Å². The number of likely N-dealkylation sites (N-methyl/N-ethyl adjacent to an activating group) is 2. The molecule has 0 unspecified atom stereocenters. The smallest absolute Gasteiger partial charge is 0.323 e. The lowest BCUT2D eigenvalue weighted by Crippen LogP contribution is -2.30. The van der Waals surface area contributed by atoms with Gasteiger partial charge in [-0.25, -0.2) is 5.84 Å². The maximum absolute atomic E-state index is 5.42. The van der Waals surface area contributed by atoms with E-state index >= 15 is 0 Å². The van der Waals surface area contributed by atoms with E-state index in [1.165, 1.54) is 0 Å². The fraction of sp³-hybridized carbons (Fsp3) is 0.727. The van der Waals surface area contributed by atoms with Gasteiger partial charge in [0.1, 0.15) is 0 Å². The molecule has 0 aliphatic rings. The average molecular weight is 269 g/mol. The van der Waals surface area contributed by atoms with Gasteiger partial charge in [-0.15, -0.1) is 0 Å². The molecule has 0 atom stereocenters. The molecule has 0 amide bonds. The molecule has 1 rings (SSSR count). The van der Waals surface area contributed by atoms with Crippen LogP contribution in [0.5, 0.6) is 6.01 Å². The van der Waals surface area contributed by atoms with Crippen molar-refractivity contribution in [1.29, 1.82) is 0 Å². The zero-order valence-corrected chi connectivity index (χ0v) is 12.1. The summed E-state index contributed by atoms with van der Waals surface area (Å²) in [5.41, 5.74) is 2.42. The van der Waals surface area contributed by atoms with E-state index in [2.05, 4.69) is 25.3 Å². The summed E-state index contributed by atoms with van der Waals surface area (Å²) in [4.78, 5) is 16.5. The van der Waals surface area contributed by atoms with Gasteiger partial charge in [0.2, 0.25) is 11.9 Å². The third-order valence-corrected chi connectivity index (χ3v) is 2.39. The number of ether oxygens (including phenoxy) is 1. The Labute approximate surface area is 114 Å². The van der Waals surface area contributed by atoms with E-state index in [0.717, 1.165) is 19.5 Å². The Balaban J connectivity index is 2.79. The maximum Gasteiger partial charge on any atom is 0.323 e. The molecule has 0 radical (unpaired) electrons. The van der Waals surface area contributed by atoms with Gasteiger partial charge >= 0.3 is 6.01 Å². The molecule has 3 N–H and O–H groups in total. The number of nitrogens with two attached hydrogens (primary N) is 1. The van der Waals surface area contributed by atoms with Crippen molar-refractivity contribution in [2.75, 3.05) is 51.2 Å². The molecule has 1 aromatic rings. The lowest BCUT2D eigenvalue weighted by molar-refractivity contribution is 0.291. The third kappa shape index (κ3) is 5.23. The Hall–Kier alpha value is -1.67. The number of hydrogen-bond donors (Lipinski definition) is 2. The van der Waals surface area contributed by atoms with Crippen molar-refractivity contribution in [3.05, 3.63) is 0 Å². The minimum atomic E-state index is 0.288. The lowest BCUT2D eigenvalue weighted by Gasteiger charge is -2.20. The second-order valence-corrected chi connectivity index (χ2v) is 4.46. The first-order valence-electron chi connectivity index (χ1n) is 6.28. The second kappa shape index (κ2) is 7.70. The van der Waals surface area contributed by atoms with Crippen molar-refractivity contribution in [2.45, 2.75) is 13.3 Å². The van der Waals surface area contributed by atoms with Crippen molar-refractivity contribution in [3.8, 4) is 6.01 Å². The quantitative estimate of drug-likeness (QED) is 0.501. The van der Waals surface area contributed by atoms with Crippen LogP contribution in [0, 0.1) is 0 Å². The fourth-order valence-corrected chi connectivity index (χ4v) is 1.29. The molecule has 8 nitrogen and oxygen atoms in total. The lowest BCUT2D eigenvalue weighted by atomic mass is 10.5. The SMILES string of the molecule is CCCOc1nc(NN)nc(N(C)CCN(C)C)n1. The molecule has 1 aromatic heterocycles. The first-order valence-corrected chi connectivity index (χ1v) is 6.28. The van der Waals surface area contributed by atoms with E-state index < -0.39 is 0 Å². The van der Waals surface area contributed by atoms with Crippen molar-refractivity contribution in [1.82, 2.24) is 19.9 Å². The number of hydrogen-bond acceptors (Lipinski definition) is 8. The molecule has 0 spiro atoms. The molecule has 0 aliphatic carbocycles. The van der Waals surface area contributed by atoms with Crippen LogP contribution in [0.4, 0.5) is 11.9 Å². The summed E-state index contributed by atoms with van der Waals surface area (Å²) < 4.78 is 5.42. The molecular formula is C11H23N7O. The highest BCUT2D eigenvalue weighted by atomic mass is 16.5. The van der Waals surface area contributed by atoms with Crippen molar-refractivity contribution in [3.63, 3.8) is 0 Å². The summed E-state index contributed by atoms with van der Waals surface area (Å²) in [6.45, 7) is 4.29. The number of nitrogens with zero attached hydrogens (tertiary/aromatic N) is 5. The van der Waals surface area contributed by atoms with Gasteiger partial charge in [0.25, 0.3) is 0 Å². The number of hydrazine groups is 1. The van der Waals surface area contributed by atoms with Gasteiger partial charge in [-0.05, 0) is 20.5 Å². The second-order valence-electron chi connectivity index (χ2n) is 4.46. The summed E-state index contributed by atoms with van der Waals surface area (Å²) in [7, 11) is 5.95. The van der Waals surface area contributed by atoms with Crippen molar-refractivity contribution < 1.29 is 4.74 Å². The zero-order chi connectivity index (χ0) is 14.3. The van der Waals surface area contributed by atoms with Gasteiger partial charge in [-0.2, -0.15) is 15.0 Å². The Morgan fingerprint density at radius 1 is 1.16 bits per heavy atom. The number of nitrogen functional groups attached to an aromatic ring is 1. The van der Waals surface area contributed by atoms with E-state index in [1.807, 2.05) is 33.0 Å².